The van der Waals surface area contributed by atoms with E-state index in [1.807, 2.05) is 0 Å². The molecule has 1 aliphatic heterocycles. The first kappa shape index (κ1) is 17.3. The molecule has 1 saturated heterocycles. The van der Waals surface area contributed by atoms with Crippen LogP contribution >= 0.6 is 11.8 Å². The topological polar surface area (TPSA) is 98.7 Å². The fraction of sp³-hybridized carbons (Fsp3) is 0.312. The van der Waals surface area contributed by atoms with Gasteiger partial charge in [0.25, 0.3) is 5.91 Å². The number of nitrogen functional groups attached to an aromatic ring is 1. The Morgan fingerprint density at radius 1 is 1.48 bits per heavy atom. The minimum atomic E-state index is -0.779. The summed E-state index contributed by atoms with van der Waals surface area (Å²) in [5.41, 5.74) is 6.25. The second-order valence-corrected chi connectivity index (χ2v) is 6.60. The summed E-state index contributed by atoms with van der Waals surface area (Å²) in [6, 6.07) is 6.32. The normalized spacial score (nSPS) is 16.9. The third kappa shape index (κ3) is 3.46. The van der Waals surface area contributed by atoms with Crippen molar-refractivity contribution < 1.29 is 23.2 Å². The molecule has 9 heteroatoms. The summed E-state index contributed by atoms with van der Waals surface area (Å²) in [5, 5.41) is 3.13. The van der Waals surface area contributed by atoms with Crippen LogP contribution < -0.4 is 5.73 Å². The monoisotopic (exact) mass is 365 g/mol. The summed E-state index contributed by atoms with van der Waals surface area (Å²) >= 11 is 1.46. The molecule has 1 amide bonds. The lowest BCUT2D eigenvalue weighted by molar-refractivity contribution is -0.134. The average molecular weight is 365 g/mol. The number of carbonyl (C=O) groups is 2. The van der Waals surface area contributed by atoms with Crippen LogP contribution in [-0.4, -0.2) is 40.8 Å². The van der Waals surface area contributed by atoms with E-state index in [1.165, 1.54) is 22.7 Å². The van der Waals surface area contributed by atoms with Gasteiger partial charge in [-0.2, -0.15) is 0 Å². The summed E-state index contributed by atoms with van der Waals surface area (Å²) in [7, 11) is 0. The second-order valence-electron chi connectivity index (χ2n) is 5.42. The molecule has 1 aromatic carbocycles. The van der Waals surface area contributed by atoms with Crippen molar-refractivity contribution in [2.24, 2.45) is 0 Å². The largest absolute Gasteiger partial charge is 0.452 e. The Kier molecular flexibility index (Phi) is 4.93. The zero-order valence-electron chi connectivity index (χ0n) is 13.4. The molecule has 1 atom stereocenters. The third-order valence-corrected chi connectivity index (χ3v) is 5.05. The smallest absolute Gasteiger partial charge is 0.346 e. The van der Waals surface area contributed by atoms with Gasteiger partial charge < -0.3 is 19.9 Å². The number of hydrogen-bond donors (Lipinski definition) is 1. The van der Waals surface area contributed by atoms with Crippen molar-refractivity contribution in [3.05, 3.63) is 46.9 Å². The maximum atomic E-state index is 14.0. The Morgan fingerprint density at radius 3 is 2.92 bits per heavy atom. The molecule has 0 aliphatic carbocycles. The highest BCUT2D eigenvalue weighted by molar-refractivity contribution is 7.99. The first-order valence-corrected chi connectivity index (χ1v) is 8.58. The summed E-state index contributed by atoms with van der Waals surface area (Å²) in [6.45, 7) is 1.53. The quantitative estimate of drug-likeness (QED) is 0.829. The average Bonchev–Trinajstić information content (AvgIpc) is 3.20. The number of ether oxygens (including phenoxy) is 1. The molecule has 25 heavy (non-hydrogen) atoms. The van der Waals surface area contributed by atoms with Crippen LogP contribution in [0.15, 0.2) is 28.8 Å². The van der Waals surface area contributed by atoms with Crippen molar-refractivity contribution in [2.45, 2.75) is 12.3 Å². The number of aromatic nitrogens is 1. The molecule has 1 fully saturated rings. The van der Waals surface area contributed by atoms with Gasteiger partial charge in [-0.05, 0) is 13.0 Å². The summed E-state index contributed by atoms with van der Waals surface area (Å²) < 4.78 is 23.7. The third-order valence-electron chi connectivity index (χ3n) is 3.80. The van der Waals surface area contributed by atoms with Crippen molar-refractivity contribution in [1.29, 1.82) is 0 Å². The highest BCUT2D eigenvalue weighted by Gasteiger charge is 2.33. The van der Waals surface area contributed by atoms with E-state index >= 15 is 0 Å². The molecule has 0 unspecified atom stereocenters. The SMILES string of the molecule is Cc1noc(N)c1C(=O)OCC(=O)N1CCS[C@@H]1c1ccccc1F. The van der Waals surface area contributed by atoms with Gasteiger partial charge >= 0.3 is 5.97 Å². The molecule has 0 spiro atoms. The van der Waals surface area contributed by atoms with Gasteiger partial charge in [-0.15, -0.1) is 11.8 Å². The molecule has 2 heterocycles. The van der Waals surface area contributed by atoms with Gasteiger partial charge in [0.05, 0.1) is 5.69 Å². The van der Waals surface area contributed by atoms with Crippen molar-refractivity contribution in [2.75, 3.05) is 24.6 Å². The molecular formula is C16H16FN3O4S. The van der Waals surface area contributed by atoms with Gasteiger partial charge in [0, 0.05) is 17.9 Å². The molecular weight excluding hydrogens is 349 g/mol. The summed E-state index contributed by atoms with van der Waals surface area (Å²) in [4.78, 5) is 26.0. The predicted octanol–water partition coefficient (Wildman–Crippen LogP) is 2.14. The minimum Gasteiger partial charge on any atom is -0.452 e. The van der Waals surface area contributed by atoms with E-state index in [0.717, 1.165) is 0 Å². The Labute approximate surface area is 147 Å². The fourth-order valence-electron chi connectivity index (χ4n) is 2.58. The van der Waals surface area contributed by atoms with Crippen LogP contribution in [0.25, 0.3) is 0 Å². The van der Waals surface area contributed by atoms with Crippen LogP contribution in [0, 0.1) is 12.7 Å². The summed E-state index contributed by atoms with van der Waals surface area (Å²) in [6.07, 6.45) is 0. The number of rotatable bonds is 4. The second kappa shape index (κ2) is 7.14. The molecule has 2 N–H and O–H groups in total. The van der Waals surface area contributed by atoms with Gasteiger partial charge in [-0.3, -0.25) is 4.79 Å². The molecule has 1 aromatic heterocycles. The predicted molar refractivity (Wildman–Crippen MR) is 89.2 cm³/mol. The maximum absolute atomic E-state index is 14.0. The summed E-state index contributed by atoms with van der Waals surface area (Å²) in [5.74, 6) is -1.03. The zero-order chi connectivity index (χ0) is 18.0. The van der Waals surface area contributed by atoms with Crippen molar-refractivity contribution >= 4 is 29.5 Å². The maximum Gasteiger partial charge on any atom is 0.346 e. The first-order chi connectivity index (χ1) is 12.0. The first-order valence-electron chi connectivity index (χ1n) is 7.53. The van der Waals surface area contributed by atoms with Crippen LogP contribution in [0.4, 0.5) is 10.3 Å². The van der Waals surface area contributed by atoms with Gasteiger partial charge in [-0.25, -0.2) is 9.18 Å². The van der Waals surface area contributed by atoms with E-state index in [0.29, 0.717) is 17.9 Å². The van der Waals surface area contributed by atoms with Crippen molar-refractivity contribution in [3.63, 3.8) is 0 Å². The lowest BCUT2D eigenvalue weighted by Crippen LogP contribution is -2.34. The molecule has 1 aliphatic rings. The van der Waals surface area contributed by atoms with E-state index in [4.69, 9.17) is 15.0 Å². The van der Waals surface area contributed by atoms with E-state index in [1.54, 1.807) is 25.1 Å². The number of hydrogen-bond acceptors (Lipinski definition) is 7. The Hall–Kier alpha value is -2.55. The number of halogens is 1. The fourth-order valence-corrected chi connectivity index (χ4v) is 3.88. The number of thioether (sulfide) groups is 1. The van der Waals surface area contributed by atoms with Gasteiger partial charge in [0.15, 0.2) is 6.61 Å². The van der Waals surface area contributed by atoms with Gasteiger partial charge in [-0.1, -0.05) is 23.4 Å². The molecule has 3 rings (SSSR count). The number of anilines is 1. The zero-order valence-corrected chi connectivity index (χ0v) is 14.2. The molecule has 0 saturated carbocycles. The molecule has 0 bridgehead atoms. The van der Waals surface area contributed by atoms with Crippen LogP contribution in [-0.2, 0) is 9.53 Å². The highest BCUT2D eigenvalue weighted by atomic mass is 32.2. The van der Waals surface area contributed by atoms with E-state index in [9.17, 15) is 14.0 Å². The van der Waals surface area contributed by atoms with E-state index in [-0.39, 0.29) is 23.0 Å². The van der Waals surface area contributed by atoms with Gasteiger partial charge in [0.1, 0.15) is 16.8 Å². The molecule has 0 radical (unpaired) electrons. The number of nitrogens with zero attached hydrogens (tertiary/aromatic N) is 2. The van der Waals surface area contributed by atoms with E-state index in [2.05, 4.69) is 5.16 Å². The molecule has 7 nitrogen and oxygen atoms in total. The van der Waals surface area contributed by atoms with E-state index < -0.39 is 23.9 Å². The van der Waals surface area contributed by atoms with Crippen molar-refractivity contribution in [3.8, 4) is 0 Å². The number of esters is 1. The Morgan fingerprint density at radius 2 is 2.24 bits per heavy atom. The highest BCUT2D eigenvalue weighted by Crippen LogP contribution is 2.38. The standard InChI is InChI=1S/C16H16FN3O4S/c1-9-13(14(18)24-19-9)16(22)23-8-12(21)20-6-7-25-15(20)10-4-2-3-5-11(10)17/h2-5,15H,6-8,18H2,1H3/t15-/m1/s1. The van der Waals surface area contributed by atoms with Crippen LogP contribution in [0.5, 0.6) is 0 Å². The molecule has 2 aromatic rings. The van der Waals surface area contributed by atoms with Crippen LogP contribution in [0.2, 0.25) is 0 Å². The van der Waals surface area contributed by atoms with Crippen molar-refractivity contribution in [1.82, 2.24) is 10.1 Å². The van der Waals surface area contributed by atoms with Gasteiger partial charge in [0.2, 0.25) is 5.88 Å². The number of carbonyl (C=O) groups excluding carboxylic acids is 2. The molecule has 132 valence electrons. The lowest BCUT2D eigenvalue weighted by Gasteiger charge is -2.24. The number of nitrogens with two attached hydrogens (primary N) is 1. The lowest BCUT2D eigenvalue weighted by atomic mass is 10.2. The Balaban J connectivity index is 1.67. The number of benzene rings is 1. The van der Waals surface area contributed by atoms with Crippen LogP contribution in [0.1, 0.15) is 27.0 Å². The minimum absolute atomic E-state index is 0.00857. The van der Waals surface area contributed by atoms with Crippen LogP contribution in [0.3, 0.4) is 0 Å². The number of aryl methyl sites for hydroxylation is 1. The Bertz CT molecular complexity index is 791. The number of amides is 1.